The summed E-state index contributed by atoms with van der Waals surface area (Å²) in [5, 5.41) is 42.3. The number of phenols is 3. The largest absolute Gasteiger partial charge is 0.507 e. The first-order valence-corrected chi connectivity index (χ1v) is 8.04. The van der Waals surface area contributed by atoms with Crippen molar-refractivity contribution in [3.05, 3.63) is 62.0 Å². The molecule has 1 aromatic heterocycles. The van der Waals surface area contributed by atoms with E-state index < -0.39 is 56.5 Å². The zero-order chi connectivity index (χ0) is 22.2. The lowest BCUT2D eigenvalue weighted by molar-refractivity contribution is -0.385. The summed E-state index contributed by atoms with van der Waals surface area (Å²) < 4.78 is 9.34. The normalized spacial score (nSPS) is 10.6. The molecule has 12 heteroatoms. The van der Waals surface area contributed by atoms with Gasteiger partial charge in [-0.3, -0.25) is 14.9 Å². The highest BCUT2D eigenvalue weighted by Gasteiger charge is 2.24. The molecule has 0 aliphatic rings. The molecule has 4 N–H and O–H groups in total. The molecular formula is C18H12N2O10. The molecule has 0 unspecified atom stereocenters. The van der Waals surface area contributed by atoms with Gasteiger partial charge in [0.1, 0.15) is 16.9 Å². The molecule has 3 rings (SSSR count). The van der Waals surface area contributed by atoms with Gasteiger partial charge in [0.05, 0.1) is 12.0 Å². The number of carbonyl (C=O) groups is 2. The number of nitro benzene ring substituents is 1. The third kappa shape index (κ3) is 3.44. The highest BCUT2D eigenvalue weighted by atomic mass is 16.6. The summed E-state index contributed by atoms with van der Waals surface area (Å²) in [6.45, 7) is 0. The number of nitrogens with zero attached hydrogens (tertiary/aromatic N) is 1. The van der Waals surface area contributed by atoms with Crippen molar-refractivity contribution < 1.29 is 39.0 Å². The summed E-state index contributed by atoms with van der Waals surface area (Å²) in [4.78, 5) is 46.3. The quantitative estimate of drug-likeness (QED) is 0.122. The van der Waals surface area contributed by atoms with Crippen LogP contribution in [0.25, 0.3) is 11.0 Å². The maximum Gasteiger partial charge on any atom is 0.349 e. The van der Waals surface area contributed by atoms with Crippen molar-refractivity contribution in [2.24, 2.45) is 0 Å². The number of benzene rings is 2. The number of methoxy groups -OCH3 is 1. The van der Waals surface area contributed by atoms with E-state index in [9.17, 15) is 39.8 Å². The van der Waals surface area contributed by atoms with Gasteiger partial charge in [-0.25, -0.2) is 9.59 Å². The average molecular weight is 416 g/mol. The molecule has 0 aliphatic heterocycles. The number of esters is 1. The first kappa shape index (κ1) is 20.1. The second-order valence-electron chi connectivity index (χ2n) is 5.89. The van der Waals surface area contributed by atoms with Gasteiger partial charge in [0.15, 0.2) is 5.58 Å². The molecule has 30 heavy (non-hydrogen) atoms. The van der Waals surface area contributed by atoms with E-state index in [-0.39, 0.29) is 16.6 Å². The summed E-state index contributed by atoms with van der Waals surface area (Å²) in [6.07, 6.45) is 0. The molecule has 0 atom stereocenters. The maximum absolute atomic E-state index is 12.5. The molecule has 0 radical (unpaired) electrons. The van der Waals surface area contributed by atoms with E-state index in [2.05, 4.69) is 10.1 Å². The van der Waals surface area contributed by atoms with Crippen LogP contribution in [0.3, 0.4) is 0 Å². The number of rotatable bonds is 4. The first-order valence-electron chi connectivity index (χ1n) is 8.04. The van der Waals surface area contributed by atoms with Crippen molar-refractivity contribution >= 4 is 34.2 Å². The summed E-state index contributed by atoms with van der Waals surface area (Å²) in [5.41, 5.74) is -3.39. The summed E-state index contributed by atoms with van der Waals surface area (Å²) in [5.74, 6) is -4.37. The van der Waals surface area contributed by atoms with Crippen molar-refractivity contribution in [3.63, 3.8) is 0 Å². The van der Waals surface area contributed by atoms with E-state index in [1.54, 1.807) is 0 Å². The molecule has 0 saturated heterocycles. The van der Waals surface area contributed by atoms with E-state index >= 15 is 0 Å². The Morgan fingerprint density at radius 1 is 1.10 bits per heavy atom. The van der Waals surface area contributed by atoms with Gasteiger partial charge < -0.3 is 29.8 Å². The minimum atomic E-state index is -1.20. The van der Waals surface area contributed by atoms with E-state index in [0.717, 1.165) is 31.4 Å². The van der Waals surface area contributed by atoms with Gasteiger partial charge in [-0.2, -0.15) is 0 Å². The number of hydrogen-bond donors (Lipinski definition) is 4. The lowest BCUT2D eigenvalue weighted by Gasteiger charge is -2.09. The topological polar surface area (TPSA) is 189 Å². The average Bonchev–Trinajstić information content (AvgIpc) is 2.71. The van der Waals surface area contributed by atoms with Crippen molar-refractivity contribution in [1.82, 2.24) is 0 Å². The Balaban J connectivity index is 2.04. The maximum atomic E-state index is 12.5. The van der Waals surface area contributed by atoms with Crippen molar-refractivity contribution in [2.45, 2.75) is 0 Å². The van der Waals surface area contributed by atoms with Crippen LogP contribution in [0, 0.1) is 10.1 Å². The smallest absolute Gasteiger partial charge is 0.349 e. The Morgan fingerprint density at radius 2 is 1.80 bits per heavy atom. The van der Waals surface area contributed by atoms with E-state index in [1.165, 1.54) is 6.07 Å². The summed E-state index contributed by atoms with van der Waals surface area (Å²) in [6, 6.07) is 5.23. The molecule has 0 saturated carbocycles. The number of fused-ring (bicyclic) bond motifs is 1. The summed E-state index contributed by atoms with van der Waals surface area (Å²) >= 11 is 0. The Hall–Kier alpha value is -4.61. The zero-order valence-corrected chi connectivity index (χ0v) is 15.0. The fourth-order valence-corrected chi connectivity index (χ4v) is 2.61. The molecule has 0 bridgehead atoms. The van der Waals surface area contributed by atoms with Crippen LogP contribution in [-0.4, -0.2) is 39.2 Å². The monoisotopic (exact) mass is 416 g/mol. The lowest BCUT2D eigenvalue weighted by Crippen LogP contribution is -2.21. The molecule has 154 valence electrons. The molecule has 0 fully saturated rings. The number of aromatic hydroxyl groups is 3. The molecule has 1 heterocycles. The van der Waals surface area contributed by atoms with Crippen LogP contribution in [0.1, 0.15) is 20.7 Å². The highest BCUT2D eigenvalue weighted by molar-refractivity contribution is 6.06. The lowest BCUT2D eigenvalue weighted by atomic mass is 10.1. The minimum absolute atomic E-state index is 0.0252. The fourth-order valence-electron chi connectivity index (χ4n) is 2.61. The second kappa shape index (κ2) is 7.43. The minimum Gasteiger partial charge on any atom is -0.507 e. The number of anilines is 1. The van der Waals surface area contributed by atoms with Gasteiger partial charge >= 0.3 is 17.3 Å². The predicted molar refractivity (Wildman–Crippen MR) is 99.9 cm³/mol. The van der Waals surface area contributed by atoms with Gasteiger partial charge in [0.2, 0.25) is 11.5 Å². The van der Waals surface area contributed by atoms with Crippen LogP contribution in [0.5, 0.6) is 17.2 Å². The highest BCUT2D eigenvalue weighted by Crippen LogP contribution is 2.41. The number of hydrogen-bond acceptors (Lipinski definition) is 10. The predicted octanol–water partition coefficient (Wildman–Crippen LogP) is 1.86. The van der Waals surface area contributed by atoms with Gasteiger partial charge in [-0.1, -0.05) is 0 Å². The molecule has 1 amide bonds. The third-order valence-corrected chi connectivity index (χ3v) is 4.05. The van der Waals surface area contributed by atoms with Crippen LogP contribution < -0.4 is 10.9 Å². The first-order chi connectivity index (χ1) is 14.1. The van der Waals surface area contributed by atoms with Crippen LogP contribution in [0.15, 0.2) is 39.5 Å². The molecule has 0 aliphatic carbocycles. The molecule has 0 spiro atoms. The van der Waals surface area contributed by atoms with Crippen molar-refractivity contribution in [1.29, 1.82) is 0 Å². The number of phenolic OH excluding ortho intramolecular Hbond substituents is 3. The van der Waals surface area contributed by atoms with E-state index in [4.69, 9.17) is 4.42 Å². The van der Waals surface area contributed by atoms with Gasteiger partial charge in [-0.15, -0.1) is 0 Å². The molecule has 12 nitrogen and oxygen atoms in total. The Labute approximate surface area is 165 Å². The van der Waals surface area contributed by atoms with Crippen LogP contribution in [0.2, 0.25) is 0 Å². The number of carbonyl (C=O) groups excluding carboxylic acids is 2. The van der Waals surface area contributed by atoms with Crippen molar-refractivity contribution in [3.8, 4) is 17.2 Å². The Morgan fingerprint density at radius 3 is 2.43 bits per heavy atom. The Kier molecular flexibility index (Phi) is 4.98. The molecular weight excluding hydrogens is 404 g/mol. The summed E-state index contributed by atoms with van der Waals surface area (Å²) in [7, 11) is 1.10. The second-order valence-corrected chi connectivity index (χ2v) is 5.89. The number of ether oxygens (including phenoxy) is 1. The molecule has 2 aromatic carbocycles. The third-order valence-electron chi connectivity index (χ3n) is 4.05. The number of nitrogens with one attached hydrogen (secondary N) is 1. The van der Waals surface area contributed by atoms with E-state index in [0.29, 0.717) is 0 Å². The number of nitro groups is 1. The van der Waals surface area contributed by atoms with Gasteiger partial charge in [0, 0.05) is 17.1 Å². The standard InChI is InChI=1S/C18H12N2O10/c1-29-17(25)9-6-8(2-3-12(9)21)19-16(24)10-4-7-5-11(20(27)28)13(22)14(23)15(7)30-18(10)26/h2-6,21-23H,1H3,(H,19,24). The SMILES string of the molecule is COC(=O)c1cc(NC(=O)c2cc3cc([N+](=O)[O-])c(O)c(O)c3oc2=O)ccc1O. The Bertz CT molecular complexity index is 1280. The van der Waals surface area contributed by atoms with Gasteiger partial charge in [0.25, 0.3) is 5.91 Å². The van der Waals surface area contributed by atoms with Crippen LogP contribution in [0.4, 0.5) is 11.4 Å². The fraction of sp³-hybridized carbons (Fsp3) is 0.0556. The van der Waals surface area contributed by atoms with Crippen LogP contribution >= 0.6 is 0 Å². The van der Waals surface area contributed by atoms with Gasteiger partial charge in [-0.05, 0) is 24.3 Å². The van der Waals surface area contributed by atoms with Crippen LogP contribution in [-0.2, 0) is 4.74 Å². The zero-order valence-electron chi connectivity index (χ0n) is 15.0. The van der Waals surface area contributed by atoms with Crippen molar-refractivity contribution in [2.75, 3.05) is 12.4 Å². The number of amides is 1. The van der Waals surface area contributed by atoms with E-state index in [1.807, 2.05) is 0 Å². The molecule has 3 aromatic rings.